The van der Waals surface area contributed by atoms with Crippen molar-refractivity contribution in [2.24, 2.45) is 0 Å². The zero-order valence-electron chi connectivity index (χ0n) is 17.2. The van der Waals surface area contributed by atoms with Gasteiger partial charge in [-0.3, -0.25) is 14.5 Å². The van der Waals surface area contributed by atoms with E-state index in [2.05, 4.69) is 27.5 Å². The van der Waals surface area contributed by atoms with Crippen molar-refractivity contribution in [1.29, 1.82) is 0 Å². The summed E-state index contributed by atoms with van der Waals surface area (Å²) in [7, 11) is 3.70. The van der Waals surface area contributed by atoms with Gasteiger partial charge in [0.15, 0.2) is 0 Å². The molecule has 2 aromatic carbocycles. The fraction of sp³-hybridized carbons (Fsp3) is 0.364. The largest absolute Gasteiger partial charge is 0.497 e. The van der Waals surface area contributed by atoms with E-state index in [-0.39, 0.29) is 18.3 Å². The van der Waals surface area contributed by atoms with Crippen LogP contribution in [0.4, 0.5) is 10.1 Å². The molecule has 0 spiro atoms. The smallest absolute Gasteiger partial charge is 0.313 e. The molecule has 1 atom stereocenters. The molecule has 1 aliphatic heterocycles. The van der Waals surface area contributed by atoms with Crippen molar-refractivity contribution in [3.63, 3.8) is 0 Å². The summed E-state index contributed by atoms with van der Waals surface area (Å²) >= 11 is 0. The van der Waals surface area contributed by atoms with Crippen LogP contribution in [0.1, 0.15) is 11.6 Å². The molecule has 2 aromatic rings. The Kier molecular flexibility index (Phi) is 7.37. The molecule has 160 valence electrons. The van der Waals surface area contributed by atoms with Crippen molar-refractivity contribution in [2.45, 2.75) is 6.04 Å². The first-order valence-corrected chi connectivity index (χ1v) is 9.87. The molecule has 0 saturated carbocycles. The average molecular weight is 414 g/mol. The van der Waals surface area contributed by atoms with Gasteiger partial charge in [-0.15, -0.1) is 0 Å². The number of hydrogen-bond acceptors (Lipinski definition) is 5. The molecular formula is C22H27FN4O3. The molecule has 7 nitrogen and oxygen atoms in total. The number of methoxy groups -OCH3 is 1. The summed E-state index contributed by atoms with van der Waals surface area (Å²) in [5.41, 5.74) is 1.27. The second-order valence-electron chi connectivity index (χ2n) is 7.30. The third-order valence-electron chi connectivity index (χ3n) is 5.22. The van der Waals surface area contributed by atoms with Gasteiger partial charge in [0.1, 0.15) is 11.6 Å². The van der Waals surface area contributed by atoms with E-state index in [1.807, 2.05) is 24.3 Å². The third-order valence-corrected chi connectivity index (χ3v) is 5.22. The summed E-state index contributed by atoms with van der Waals surface area (Å²) in [4.78, 5) is 29.1. The molecular weight excluding hydrogens is 387 g/mol. The van der Waals surface area contributed by atoms with Gasteiger partial charge in [0.25, 0.3) is 0 Å². The van der Waals surface area contributed by atoms with E-state index in [9.17, 15) is 14.0 Å². The van der Waals surface area contributed by atoms with Crippen molar-refractivity contribution in [1.82, 2.24) is 15.1 Å². The maximum absolute atomic E-state index is 13.3. The monoisotopic (exact) mass is 414 g/mol. The van der Waals surface area contributed by atoms with Crippen molar-refractivity contribution in [3.8, 4) is 5.75 Å². The molecule has 0 bridgehead atoms. The van der Waals surface area contributed by atoms with Crippen LogP contribution >= 0.6 is 0 Å². The van der Waals surface area contributed by atoms with E-state index in [1.54, 1.807) is 7.11 Å². The Labute approximate surface area is 175 Å². The summed E-state index contributed by atoms with van der Waals surface area (Å²) in [6.45, 7) is 3.86. The van der Waals surface area contributed by atoms with E-state index < -0.39 is 17.6 Å². The van der Waals surface area contributed by atoms with Crippen LogP contribution in [0, 0.1) is 5.82 Å². The van der Waals surface area contributed by atoms with Crippen molar-refractivity contribution < 1.29 is 18.7 Å². The highest BCUT2D eigenvalue weighted by Crippen LogP contribution is 2.24. The highest BCUT2D eigenvalue weighted by atomic mass is 19.1. The van der Waals surface area contributed by atoms with Gasteiger partial charge in [-0.25, -0.2) is 4.39 Å². The minimum Gasteiger partial charge on any atom is -0.497 e. The summed E-state index contributed by atoms with van der Waals surface area (Å²) in [6.07, 6.45) is 0. The maximum atomic E-state index is 13.3. The van der Waals surface area contributed by atoms with Gasteiger partial charge in [-0.2, -0.15) is 0 Å². The fourth-order valence-corrected chi connectivity index (χ4v) is 3.44. The number of nitrogens with zero attached hydrogens (tertiary/aromatic N) is 2. The molecule has 0 aliphatic carbocycles. The molecule has 8 heteroatoms. The highest BCUT2D eigenvalue weighted by molar-refractivity contribution is 6.39. The van der Waals surface area contributed by atoms with Crippen LogP contribution in [-0.4, -0.2) is 68.5 Å². The second-order valence-corrected chi connectivity index (χ2v) is 7.30. The van der Waals surface area contributed by atoms with Crippen LogP contribution in [0.15, 0.2) is 48.5 Å². The number of likely N-dealkylation sites (N-methyl/N-ethyl adjacent to an activating group) is 1. The lowest BCUT2D eigenvalue weighted by Gasteiger charge is -2.38. The Morgan fingerprint density at radius 1 is 1.07 bits per heavy atom. The molecule has 0 radical (unpaired) electrons. The third kappa shape index (κ3) is 5.77. The number of benzene rings is 2. The van der Waals surface area contributed by atoms with Gasteiger partial charge in [-0.1, -0.05) is 18.2 Å². The topological polar surface area (TPSA) is 73.9 Å². The molecule has 3 rings (SSSR count). The number of carbonyl (C=O) groups excluding carboxylic acids is 2. The summed E-state index contributed by atoms with van der Waals surface area (Å²) in [6, 6.07) is 13.1. The number of carbonyl (C=O) groups is 2. The van der Waals surface area contributed by atoms with Gasteiger partial charge < -0.3 is 20.3 Å². The number of halogens is 1. The van der Waals surface area contributed by atoms with E-state index in [4.69, 9.17) is 4.74 Å². The molecule has 1 heterocycles. The van der Waals surface area contributed by atoms with E-state index in [1.165, 1.54) is 18.2 Å². The average Bonchev–Trinajstić information content (AvgIpc) is 2.75. The van der Waals surface area contributed by atoms with Crippen LogP contribution in [0.5, 0.6) is 5.75 Å². The second kappa shape index (κ2) is 10.2. The minimum absolute atomic E-state index is 0.0736. The number of ether oxygens (including phenoxy) is 1. The minimum atomic E-state index is -0.826. The molecule has 1 aliphatic rings. The molecule has 1 unspecified atom stereocenters. The zero-order chi connectivity index (χ0) is 21.5. The number of nitrogens with one attached hydrogen (secondary N) is 2. The van der Waals surface area contributed by atoms with E-state index >= 15 is 0 Å². The first-order chi connectivity index (χ1) is 14.5. The Balaban J connectivity index is 1.66. The van der Waals surface area contributed by atoms with Gasteiger partial charge in [0.05, 0.1) is 13.2 Å². The lowest BCUT2D eigenvalue weighted by Crippen LogP contribution is -2.49. The number of rotatable bonds is 6. The van der Waals surface area contributed by atoms with Crippen LogP contribution in [0.2, 0.25) is 0 Å². The normalized spacial score (nSPS) is 16.0. The lowest BCUT2D eigenvalue weighted by atomic mass is 10.0. The first kappa shape index (κ1) is 21.7. The van der Waals surface area contributed by atoms with Gasteiger partial charge >= 0.3 is 11.8 Å². The quantitative estimate of drug-likeness (QED) is 0.706. The van der Waals surface area contributed by atoms with Crippen LogP contribution < -0.4 is 15.4 Å². The molecule has 2 amide bonds. The van der Waals surface area contributed by atoms with Crippen molar-refractivity contribution >= 4 is 17.5 Å². The lowest BCUT2D eigenvalue weighted by molar-refractivity contribution is -0.136. The molecule has 1 fully saturated rings. The van der Waals surface area contributed by atoms with Crippen LogP contribution in [0.3, 0.4) is 0 Å². The number of amides is 2. The SMILES string of the molecule is COc1ccc(C(CNC(=O)C(=O)Nc2cccc(F)c2)N2CCN(C)CC2)cc1. The summed E-state index contributed by atoms with van der Waals surface area (Å²) in [5.74, 6) is -1.31. The summed E-state index contributed by atoms with van der Waals surface area (Å²) < 4.78 is 18.5. The maximum Gasteiger partial charge on any atom is 0.313 e. The number of hydrogen-bond donors (Lipinski definition) is 2. The molecule has 0 aromatic heterocycles. The van der Waals surface area contributed by atoms with Crippen LogP contribution in [-0.2, 0) is 9.59 Å². The zero-order valence-corrected chi connectivity index (χ0v) is 17.2. The highest BCUT2D eigenvalue weighted by Gasteiger charge is 2.25. The van der Waals surface area contributed by atoms with E-state index in [0.717, 1.165) is 43.6 Å². The summed E-state index contributed by atoms with van der Waals surface area (Å²) in [5, 5.41) is 5.14. The van der Waals surface area contributed by atoms with E-state index in [0.29, 0.717) is 0 Å². The first-order valence-electron chi connectivity index (χ1n) is 9.87. The van der Waals surface area contributed by atoms with Crippen molar-refractivity contribution in [2.75, 3.05) is 52.2 Å². The Bertz CT molecular complexity index is 867. The number of anilines is 1. The van der Waals surface area contributed by atoms with Gasteiger partial charge in [0, 0.05) is 38.4 Å². The Hall–Kier alpha value is -2.97. The predicted molar refractivity (Wildman–Crippen MR) is 113 cm³/mol. The number of piperazine rings is 1. The van der Waals surface area contributed by atoms with Gasteiger partial charge in [-0.05, 0) is 42.9 Å². The predicted octanol–water partition coefficient (Wildman–Crippen LogP) is 1.88. The molecule has 30 heavy (non-hydrogen) atoms. The molecule has 2 N–H and O–H groups in total. The standard InChI is InChI=1S/C22H27FN4O3/c1-26-10-12-27(13-11-26)20(16-6-8-19(30-2)9-7-16)15-24-21(28)22(29)25-18-5-3-4-17(23)14-18/h3-9,14,20H,10-13,15H2,1-2H3,(H,24,28)(H,25,29). The van der Waals surface area contributed by atoms with Gasteiger partial charge in [0.2, 0.25) is 0 Å². The fourth-order valence-electron chi connectivity index (χ4n) is 3.44. The van der Waals surface area contributed by atoms with Crippen molar-refractivity contribution in [3.05, 3.63) is 59.9 Å². The molecule has 1 saturated heterocycles. The Morgan fingerprint density at radius 3 is 2.40 bits per heavy atom. The Morgan fingerprint density at radius 2 is 1.77 bits per heavy atom. The van der Waals surface area contributed by atoms with Crippen LogP contribution in [0.25, 0.3) is 0 Å².